The summed E-state index contributed by atoms with van der Waals surface area (Å²) in [5, 5.41) is 8.86. The maximum Gasteiger partial charge on any atom is 0.240 e. The molecule has 1 aromatic rings. The average Bonchev–Trinajstić information content (AvgIpc) is 2.73. The van der Waals surface area contributed by atoms with Gasteiger partial charge in [0.2, 0.25) is 15.9 Å². The van der Waals surface area contributed by atoms with Crippen molar-refractivity contribution in [3.8, 4) is 6.07 Å². The molecule has 0 radical (unpaired) electrons. The summed E-state index contributed by atoms with van der Waals surface area (Å²) in [5.41, 5.74) is 0.432. The van der Waals surface area contributed by atoms with Crippen LogP contribution in [0.4, 0.5) is 0 Å². The monoisotopic (exact) mass is 430 g/mol. The zero-order valence-corrected chi connectivity index (χ0v) is 18.1. The van der Waals surface area contributed by atoms with Crippen LogP contribution in [0, 0.1) is 17.2 Å². The van der Waals surface area contributed by atoms with E-state index in [2.05, 4.69) is 9.62 Å². The Balaban J connectivity index is 1.25. The van der Waals surface area contributed by atoms with Gasteiger partial charge in [-0.3, -0.25) is 9.69 Å². The minimum Gasteiger partial charge on any atom is -0.340 e. The summed E-state index contributed by atoms with van der Waals surface area (Å²) >= 11 is 0. The van der Waals surface area contributed by atoms with Crippen LogP contribution in [0.15, 0.2) is 29.2 Å². The third-order valence-corrected chi connectivity index (χ3v) is 8.45. The first-order valence-corrected chi connectivity index (χ1v) is 12.5. The molecule has 4 rings (SSSR count). The largest absolute Gasteiger partial charge is 0.340 e. The molecular weight excluding hydrogens is 400 g/mol. The molecule has 0 unspecified atom stereocenters. The summed E-state index contributed by atoms with van der Waals surface area (Å²) in [6, 6.07) is 8.51. The van der Waals surface area contributed by atoms with Gasteiger partial charge in [-0.15, -0.1) is 0 Å². The van der Waals surface area contributed by atoms with E-state index < -0.39 is 10.0 Å². The van der Waals surface area contributed by atoms with E-state index >= 15 is 0 Å². The number of rotatable bonds is 5. The van der Waals surface area contributed by atoms with E-state index in [1.54, 1.807) is 0 Å². The van der Waals surface area contributed by atoms with Gasteiger partial charge in [-0.05, 0) is 62.8 Å². The Hall–Kier alpha value is -1.95. The summed E-state index contributed by atoms with van der Waals surface area (Å²) in [5.74, 6) is 0.257. The molecule has 30 heavy (non-hydrogen) atoms. The third kappa shape index (κ3) is 4.69. The van der Waals surface area contributed by atoms with Crippen LogP contribution in [0.1, 0.15) is 50.5 Å². The van der Waals surface area contributed by atoms with E-state index in [-0.39, 0.29) is 22.8 Å². The van der Waals surface area contributed by atoms with Crippen molar-refractivity contribution in [3.63, 3.8) is 0 Å². The second-order valence-corrected chi connectivity index (χ2v) is 10.5. The van der Waals surface area contributed by atoms with E-state index in [0.717, 1.165) is 45.1 Å². The number of nitrogens with one attached hydrogen (secondary N) is 1. The average molecular weight is 431 g/mol. The van der Waals surface area contributed by atoms with Gasteiger partial charge in [-0.1, -0.05) is 6.42 Å². The van der Waals surface area contributed by atoms with Gasteiger partial charge in [0.05, 0.1) is 16.5 Å². The van der Waals surface area contributed by atoms with Crippen molar-refractivity contribution in [2.45, 2.75) is 61.9 Å². The fraction of sp³-hybridized carbons (Fsp3) is 0.636. The molecule has 7 nitrogen and oxygen atoms in total. The Kier molecular flexibility index (Phi) is 6.42. The Morgan fingerprint density at radius 3 is 2.13 bits per heavy atom. The lowest BCUT2D eigenvalue weighted by atomic mass is 9.85. The van der Waals surface area contributed by atoms with Crippen LogP contribution in [0.3, 0.4) is 0 Å². The van der Waals surface area contributed by atoms with Crippen molar-refractivity contribution < 1.29 is 13.2 Å². The molecule has 3 fully saturated rings. The van der Waals surface area contributed by atoms with Crippen LogP contribution in [0.5, 0.6) is 0 Å². The number of amides is 1. The second-order valence-electron chi connectivity index (χ2n) is 8.75. The smallest absolute Gasteiger partial charge is 0.240 e. The van der Waals surface area contributed by atoms with Crippen LogP contribution >= 0.6 is 0 Å². The molecule has 1 amide bonds. The standard InChI is InChI=1S/C22H30N4O3S/c23-16-17-4-10-21(11-5-17)30(28,29)24-19-8-6-18(7-9-19)22(27)26-14-12-25(13-15-26)20-2-1-3-20/h4-5,10-11,18-20,24H,1-3,6-9,12-15H2/t18-,19-. The van der Waals surface area contributed by atoms with E-state index in [9.17, 15) is 13.2 Å². The molecule has 0 spiro atoms. The van der Waals surface area contributed by atoms with Crippen LogP contribution in [-0.4, -0.2) is 62.4 Å². The highest BCUT2D eigenvalue weighted by Gasteiger charge is 2.34. The predicted molar refractivity (Wildman–Crippen MR) is 113 cm³/mol. The van der Waals surface area contributed by atoms with Crippen molar-refractivity contribution >= 4 is 15.9 Å². The molecule has 1 aromatic carbocycles. The van der Waals surface area contributed by atoms with Crippen LogP contribution in [0.25, 0.3) is 0 Å². The number of nitrogens with zero attached hydrogens (tertiary/aromatic N) is 3. The molecule has 162 valence electrons. The van der Waals surface area contributed by atoms with E-state index in [1.165, 1.54) is 43.5 Å². The Morgan fingerprint density at radius 2 is 1.60 bits per heavy atom. The van der Waals surface area contributed by atoms with Gasteiger partial charge in [-0.2, -0.15) is 5.26 Å². The van der Waals surface area contributed by atoms with Crippen molar-refractivity contribution in [3.05, 3.63) is 29.8 Å². The van der Waals surface area contributed by atoms with Gasteiger partial charge in [0.1, 0.15) is 0 Å². The molecule has 1 aliphatic heterocycles. The lowest BCUT2D eigenvalue weighted by Crippen LogP contribution is -2.54. The van der Waals surface area contributed by atoms with Crippen LogP contribution in [-0.2, 0) is 14.8 Å². The van der Waals surface area contributed by atoms with Crippen LogP contribution in [0.2, 0.25) is 0 Å². The number of nitriles is 1. The molecule has 1 N–H and O–H groups in total. The zero-order valence-electron chi connectivity index (χ0n) is 17.3. The number of piperazine rings is 1. The number of sulfonamides is 1. The first kappa shape index (κ1) is 21.3. The van der Waals surface area contributed by atoms with Crippen molar-refractivity contribution in [1.82, 2.24) is 14.5 Å². The first-order chi connectivity index (χ1) is 14.5. The van der Waals surface area contributed by atoms with Gasteiger partial charge in [0.15, 0.2) is 0 Å². The maximum absolute atomic E-state index is 12.9. The van der Waals surface area contributed by atoms with Gasteiger partial charge >= 0.3 is 0 Å². The molecule has 0 atom stereocenters. The first-order valence-electron chi connectivity index (χ1n) is 11.0. The highest BCUT2D eigenvalue weighted by atomic mass is 32.2. The molecule has 2 saturated carbocycles. The van der Waals surface area contributed by atoms with Gasteiger partial charge in [0.25, 0.3) is 0 Å². The molecule has 1 heterocycles. The lowest BCUT2D eigenvalue weighted by Gasteiger charge is -2.44. The predicted octanol–water partition coefficient (Wildman–Crippen LogP) is 2.09. The molecule has 0 aromatic heterocycles. The summed E-state index contributed by atoms with van der Waals surface area (Å²) in [6.07, 6.45) is 6.74. The molecule has 0 bridgehead atoms. The van der Waals surface area contributed by atoms with E-state index in [1.807, 2.05) is 11.0 Å². The Bertz CT molecular complexity index is 889. The third-order valence-electron chi connectivity index (χ3n) is 6.91. The van der Waals surface area contributed by atoms with Crippen LogP contribution < -0.4 is 4.72 Å². The highest BCUT2D eigenvalue weighted by Crippen LogP contribution is 2.29. The molecule has 3 aliphatic rings. The van der Waals surface area contributed by atoms with Gasteiger partial charge in [-0.25, -0.2) is 13.1 Å². The molecular formula is C22H30N4O3S. The number of carbonyl (C=O) groups is 1. The van der Waals surface area contributed by atoms with E-state index in [0.29, 0.717) is 18.4 Å². The molecule has 2 aliphatic carbocycles. The maximum atomic E-state index is 12.9. The second kappa shape index (κ2) is 9.04. The van der Waals surface area contributed by atoms with Crippen molar-refractivity contribution in [1.29, 1.82) is 5.26 Å². The summed E-state index contributed by atoms with van der Waals surface area (Å²) < 4.78 is 28.0. The minimum absolute atomic E-state index is 0.0101. The number of hydrogen-bond donors (Lipinski definition) is 1. The quantitative estimate of drug-likeness (QED) is 0.772. The van der Waals surface area contributed by atoms with E-state index in [4.69, 9.17) is 5.26 Å². The van der Waals surface area contributed by atoms with Gasteiger partial charge < -0.3 is 4.90 Å². The zero-order chi connectivity index (χ0) is 21.1. The van der Waals surface area contributed by atoms with Gasteiger partial charge in [0, 0.05) is 44.2 Å². The Labute approximate surface area is 179 Å². The lowest BCUT2D eigenvalue weighted by molar-refractivity contribution is -0.139. The minimum atomic E-state index is -3.61. The fourth-order valence-electron chi connectivity index (χ4n) is 4.77. The summed E-state index contributed by atoms with van der Waals surface area (Å²) in [4.78, 5) is 17.6. The summed E-state index contributed by atoms with van der Waals surface area (Å²) in [7, 11) is -3.61. The highest BCUT2D eigenvalue weighted by molar-refractivity contribution is 7.89. The Morgan fingerprint density at radius 1 is 0.967 bits per heavy atom. The number of benzene rings is 1. The summed E-state index contributed by atoms with van der Waals surface area (Å²) in [6.45, 7) is 3.60. The fourth-order valence-corrected chi connectivity index (χ4v) is 6.08. The van der Waals surface area contributed by atoms with Crippen molar-refractivity contribution in [2.24, 2.45) is 5.92 Å². The molecule has 1 saturated heterocycles. The normalized spacial score (nSPS) is 26.0. The SMILES string of the molecule is N#Cc1ccc(S(=O)(=O)N[C@H]2CC[C@H](C(=O)N3CCN(C4CCC4)CC3)CC2)cc1. The number of hydrogen-bond acceptors (Lipinski definition) is 5. The number of carbonyl (C=O) groups excluding carboxylic acids is 1. The molecule has 8 heteroatoms. The van der Waals surface area contributed by atoms with Crippen molar-refractivity contribution in [2.75, 3.05) is 26.2 Å². The topological polar surface area (TPSA) is 93.5 Å².